The van der Waals surface area contributed by atoms with Gasteiger partial charge < -0.3 is 10.1 Å². The van der Waals surface area contributed by atoms with E-state index in [9.17, 15) is 4.79 Å². The molecule has 0 radical (unpaired) electrons. The van der Waals surface area contributed by atoms with Gasteiger partial charge in [-0.05, 0) is 24.7 Å². The van der Waals surface area contributed by atoms with E-state index >= 15 is 0 Å². The number of ketones is 1. The predicted octanol–water partition coefficient (Wildman–Crippen LogP) is 2.53. The molecule has 0 spiro atoms. The summed E-state index contributed by atoms with van der Waals surface area (Å²) in [7, 11) is 1.55. The maximum absolute atomic E-state index is 11.9. The van der Waals surface area contributed by atoms with Crippen molar-refractivity contribution in [1.82, 2.24) is 5.32 Å². The second-order valence-corrected chi connectivity index (χ2v) is 3.81. The molecular formula is C12H16ClNO2. The largest absolute Gasteiger partial charge is 0.496 e. The summed E-state index contributed by atoms with van der Waals surface area (Å²) in [5, 5.41) is 3.66. The molecule has 0 fully saturated rings. The molecule has 0 aliphatic heterocycles. The Labute approximate surface area is 101 Å². The fraction of sp³-hybridized carbons (Fsp3) is 0.417. The van der Waals surface area contributed by atoms with Gasteiger partial charge in [0, 0.05) is 18.0 Å². The molecule has 88 valence electrons. The summed E-state index contributed by atoms with van der Waals surface area (Å²) in [4.78, 5) is 11.9. The zero-order valence-electron chi connectivity index (χ0n) is 9.55. The van der Waals surface area contributed by atoms with Crippen LogP contribution in [0.25, 0.3) is 0 Å². The van der Waals surface area contributed by atoms with Gasteiger partial charge in [-0.1, -0.05) is 18.5 Å². The molecule has 4 heteroatoms. The molecule has 1 aromatic carbocycles. The van der Waals surface area contributed by atoms with Gasteiger partial charge in [-0.3, -0.25) is 4.79 Å². The van der Waals surface area contributed by atoms with E-state index in [1.165, 1.54) is 0 Å². The quantitative estimate of drug-likeness (QED) is 0.615. The van der Waals surface area contributed by atoms with Crippen LogP contribution in [0.15, 0.2) is 18.2 Å². The first kappa shape index (κ1) is 13.0. The number of ether oxygens (including phenoxy) is 1. The van der Waals surface area contributed by atoms with Crippen LogP contribution in [-0.4, -0.2) is 26.0 Å². The molecule has 0 saturated heterocycles. The molecule has 0 atom stereocenters. The van der Waals surface area contributed by atoms with E-state index in [1.807, 2.05) is 6.92 Å². The van der Waals surface area contributed by atoms with Crippen molar-refractivity contribution in [2.45, 2.75) is 13.3 Å². The van der Waals surface area contributed by atoms with Crippen LogP contribution in [0.1, 0.15) is 23.7 Å². The third-order valence-corrected chi connectivity index (χ3v) is 2.48. The minimum Gasteiger partial charge on any atom is -0.496 e. The topological polar surface area (TPSA) is 38.3 Å². The summed E-state index contributed by atoms with van der Waals surface area (Å²) in [5.41, 5.74) is 0.549. The molecular weight excluding hydrogens is 226 g/mol. The third kappa shape index (κ3) is 3.51. The fourth-order valence-electron chi connectivity index (χ4n) is 1.41. The van der Waals surface area contributed by atoms with Crippen LogP contribution >= 0.6 is 11.6 Å². The van der Waals surface area contributed by atoms with E-state index in [-0.39, 0.29) is 5.78 Å². The molecule has 0 saturated carbocycles. The van der Waals surface area contributed by atoms with Crippen molar-refractivity contribution < 1.29 is 9.53 Å². The molecule has 16 heavy (non-hydrogen) atoms. The summed E-state index contributed by atoms with van der Waals surface area (Å²) in [6.07, 6.45) is 0.449. The van der Waals surface area contributed by atoms with Crippen LogP contribution < -0.4 is 10.1 Å². The first-order valence-corrected chi connectivity index (χ1v) is 5.64. The van der Waals surface area contributed by atoms with Crippen molar-refractivity contribution in [3.05, 3.63) is 28.8 Å². The van der Waals surface area contributed by atoms with Crippen LogP contribution in [0.3, 0.4) is 0 Å². The van der Waals surface area contributed by atoms with Crippen LogP contribution in [0.4, 0.5) is 0 Å². The number of hydrogen-bond acceptors (Lipinski definition) is 3. The first-order valence-electron chi connectivity index (χ1n) is 5.26. The molecule has 3 nitrogen and oxygen atoms in total. The maximum atomic E-state index is 11.9. The lowest BCUT2D eigenvalue weighted by Crippen LogP contribution is -2.17. The SMILES string of the molecule is CCNCCC(=O)c1cc(Cl)ccc1OC. The lowest BCUT2D eigenvalue weighted by molar-refractivity contribution is 0.0980. The van der Waals surface area contributed by atoms with Gasteiger partial charge in [0.2, 0.25) is 0 Å². The summed E-state index contributed by atoms with van der Waals surface area (Å²) >= 11 is 5.86. The number of hydrogen-bond donors (Lipinski definition) is 1. The Hall–Kier alpha value is -1.06. The molecule has 0 amide bonds. The average molecular weight is 242 g/mol. The van der Waals surface area contributed by atoms with Crippen LogP contribution in [-0.2, 0) is 0 Å². The molecule has 1 aromatic rings. The molecule has 1 N–H and O–H groups in total. The summed E-state index contributed by atoms with van der Waals surface area (Å²) in [5.74, 6) is 0.617. The zero-order chi connectivity index (χ0) is 12.0. The van der Waals surface area contributed by atoms with Crippen LogP contribution in [0.2, 0.25) is 5.02 Å². The number of halogens is 1. The van der Waals surface area contributed by atoms with Crippen molar-refractivity contribution in [1.29, 1.82) is 0 Å². The van der Waals surface area contributed by atoms with Gasteiger partial charge in [0.1, 0.15) is 5.75 Å². The highest BCUT2D eigenvalue weighted by Gasteiger charge is 2.12. The zero-order valence-corrected chi connectivity index (χ0v) is 10.3. The van der Waals surface area contributed by atoms with Crippen molar-refractivity contribution in [3.8, 4) is 5.75 Å². The van der Waals surface area contributed by atoms with Gasteiger partial charge in [0.25, 0.3) is 0 Å². The standard InChI is InChI=1S/C12H16ClNO2/c1-3-14-7-6-11(15)10-8-9(13)4-5-12(10)16-2/h4-5,8,14H,3,6-7H2,1-2H3. The molecule has 0 aromatic heterocycles. The van der Waals surface area contributed by atoms with Gasteiger partial charge in [-0.2, -0.15) is 0 Å². The Kier molecular flexibility index (Phi) is 5.29. The fourth-order valence-corrected chi connectivity index (χ4v) is 1.58. The number of methoxy groups -OCH3 is 1. The molecule has 0 aliphatic carbocycles. The van der Waals surface area contributed by atoms with Crippen molar-refractivity contribution in [2.75, 3.05) is 20.2 Å². The number of carbonyl (C=O) groups excluding carboxylic acids is 1. The van der Waals surface area contributed by atoms with Gasteiger partial charge in [-0.25, -0.2) is 0 Å². The molecule has 1 rings (SSSR count). The van der Waals surface area contributed by atoms with Crippen molar-refractivity contribution >= 4 is 17.4 Å². The van der Waals surface area contributed by atoms with Crippen LogP contribution in [0.5, 0.6) is 5.75 Å². The number of carbonyl (C=O) groups is 1. The normalized spacial score (nSPS) is 10.2. The Morgan fingerprint density at radius 1 is 1.50 bits per heavy atom. The smallest absolute Gasteiger partial charge is 0.167 e. The van der Waals surface area contributed by atoms with Crippen LogP contribution in [0, 0.1) is 0 Å². The Balaban J connectivity index is 2.76. The Bertz CT molecular complexity index is 366. The number of Topliss-reactive ketones (excluding diaryl/α,β-unsaturated/α-hetero) is 1. The number of nitrogens with one attached hydrogen (secondary N) is 1. The predicted molar refractivity (Wildman–Crippen MR) is 65.5 cm³/mol. The van der Waals surface area contributed by atoms with Gasteiger partial charge in [0.15, 0.2) is 5.78 Å². The third-order valence-electron chi connectivity index (χ3n) is 2.24. The highest BCUT2D eigenvalue weighted by atomic mass is 35.5. The minimum absolute atomic E-state index is 0.0419. The van der Waals surface area contributed by atoms with Gasteiger partial charge in [-0.15, -0.1) is 0 Å². The monoisotopic (exact) mass is 241 g/mol. The lowest BCUT2D eigenvalue weighted by Gasteiger charge is -2.08. The van der Waals surface area contributed by atoms with Crippen molar-refractivity contribution in [2.24, 2.45) is 0 Å². The van der Waals surface area contributed by atoms with E-state index in [0.29, 0.717) is 29.3 Å². The van der Waals surface area contributed by atoms with E-state index in [1.54, 1.807) is 25.3 Å². The van der Waals surface area contributed by atoms with Gasteiger partial charge >= 0.3 is 0 Å². The minimum atomic E-state index is 0.0419. The average Bonchev–Trinajstić information content (AvgIpc) is 2.29. The molecule has 0 bridgehead atoms. The van der Waals surface area contributed by atoms with E-state index in [4.69, 9.17) is 16.3 Å². The van der Waals surface area contributed by atoms with Gasteiger partial charge in [0.05, 0.1) is 12.7 Å². The highest BCUT2D eigenvalue weighted by Crippen LogP contribution is 2.23. The maximum Gasteiger partial charge on any atom is 0.167 e. The number of benzene rings is 1. The second-order valence-electron chi connectivity index (χ2n) is 3.37. The Morgan fingerprint density at radius 2 is 2.25 bits per heavy atom. The van der Waals surface area contributed by atoms with E-state index < -0.39 is 0 Å². The van der Waals surface area contributed by atoms with Crippen molar-refractivity contribution in [3.63, 3.8) is 0 Å². The summed E-state index contributed by atoms with van der Waals surface area (Å²) in [6, 6.07) is 5.07. The number of rotatable bonds is 6. The van der Waals surface area contributed by atoms with E-state index in [2.05, 4.69) is 5.32 Å². The first-order chi connectivity index (χ1) is 7.69. The highest BCUT2D eigenvalue weighted by molar-refractivity contribution is 6.31. The second kappa shape index (κ2) is 6.51. The molecule has 0 aliphatic rings. The summed E-state index contributed by atoms with van der Waals surface area (Å²) in [6.45, 7) is 3.54. The molecule has 0 unspecified atom stereocenters. The Morgan fingerprint density at radius 3 is 2.88 bits per heavy atom. The van der Waals surface area contributed by atoms with E-state index in [0.717, 1.165) is 6.54 Å². The lowest BCUT2D eigenvalue weighted by atomic mass is 10.1. The summed E-state index contributed by atoms with van der Waals surface area (Å²) < 4.78 is 5.13. The molecule has 0 heterocycles.